The van der Waals surface area contributed by atoms with Gasteiger partial charge in [-0.25, -0.2) is 0 Å². The molecule has 0 aromatic carbocycles. The van der Waals surface area contributed by atoms with Gasteiger partial charge in [0.05, 0.1) is 6.54 Å². The van der Waals surface area contributed by atoms with Crippen LogP contribution in [0.1, 0.15) is 23.2 Å². The number of hydrogen-bond donors (Lipinski definition) is 0. The molecule has 1 aliphatic rings. The van der Waals surface area contributed by atoms with Gasteiger partial charge in [-0.2, -0.15) is 0 Å². The van der Waals surface area contributed by atoms with Gasteiger partial charge in [-0.05, 0) is 38.1 Å². The molecule has 0 N–H and O–H groups in total. The Hall–Kier alpha value is -1.22. The Kier molecular flexibility index (Phi) is 2.89. The lowest BCUT2D eigenvalue weighted by Gasteiger charge is -2.12. The molecule has 14 heavy (non-hydrogen) atoms. The van der Waals surface area contributed by atoms with Crippen LogP contribution in [0.5, 0.6) is 0 Å². The second kappa shape index (κ2) is 4.33. The van der Waals surface area contributed by atoms with Gasteiger partial charge in [0.15, 0.2) is 5.78 Å². The normalized spacial score (nSPS) is 17.1. The average molecular weight is 190 g/mol. The van der Waals surface area contributed by atoms with Crippen LogP contribution in [0.3, 0.4) is 0 Å². The molecule has 2 heterocycles. The summed E-state index contributed by atoms with van der Waals surface area (Å²) in [6.45, 7) is 2.67. The zero-order valence-corrected chi connectivity index (χ0v) is 8.15. The van der Waals surface area contributed by atoms with Crippen molar-refractivity contribution in [2.45, 2.75) is 12.8 Å². The molecule has 1 fully saturated rings. The predicted molar refractivity (Wildman–Crippen MR) is 54.2 cm³/mol. The summed E-state index contributed by atoms with van der Waals surface area (Å²) in [4.78, 5) is 17.9. The molecule has 0 atom stereocenters. The number of likely N-dealkylation sites (tertiary alicyclic amines) is 1. The summed E-state index contributed by atoms with van der Waals surface area (Å²) in [7, 11) is 0. The maximum Gasteiger partial charge on any atom is 0.178 e. The van der Waals surface area contributed by atoms with Crippen molar-refractivity contribution < 1.29 is 4.79 Å². The number of carbonyl (C=O) groups is 1. The molecule has 0 aliphatic carbocycles. The molecule has 0 unspecified atom stereocenters. The largest absolute Gasteiger partial charge is 0.296 e. The molecule has 1 saturated heterocycles. The lowest BCUT2D eigenvalue weighted by atomic mass is 10.2. The van der Waals surface area contributed by atoms with Crippen molar-refractivity contribution in [2.24, 2.45) is 0 Å². The number of carbonyl (C=O) groups excluding carboxylic acids is 1. The molecule has 0 spiro atoms. The van der Waals surface area contributed by atoms with E-state index in [1.54, 1.807) is 18.5 Å². The van der Waals surface area contributed by atoms with Gasteiger partial charge in [0.1, 0.15) is 0 Å². The lowest BCUT2D eigenvalue weighted by molar-refractivity contribution is 0.0945. The molecule has 74 valence electrons. The minimum atomic E-state index is 0.181. The summed E-state index contributed by atoms with van der Waals surface area (Å²) in [5, 5.41) is 0. The maximum atomic E-state index is 11.7. The molecule has 1 aromatic rings. The summed E-state index contributed by atoms with van der Waals surface area (Å²) in [6.07, 6.45) is 5.77. The molecule has 2 rings (SSSR count). The Bertz CT molecular complexity index is 304. The minimum Gasteiger partial charge on any atom is -0.296 e. The number of hydrogen-bond acceptors (Lipinski definition) is 3. The number of pyridine rings is 1. The van der Waals surface area contributed by atoms with Crippen LogP contribution in [-0.2, 0) is 0 Å². The Balaban J connectivity index is 1.95. The van der Waals surface area contributed by atoms with E-state index in [4.69, 9.17) is 0 Å². The third-order valence-electron chi connectivity index (χ3n) is 2.55. The van der Waals surface area contributed by atoms with E-state index in [-0.39, 0.29) is 5.78 Å². The van der Waals surface area contributed by atoms with E-state index in [1.165, 1.54) is 12.8 Å². The van der Waals surface area contributed by atoms with Crippen LogP contribution in [0, 0.1) is 0 Å². The minimum absolute atomic E-state index is 0.181. The molecule has 0 amide bonds. The highest BCUT2D eigenvalue weighted by Gasteiger charge is 2.15. The van der Waals surface area contributed by atoms with Crippen LogP contribution in [0.15, 0.2) is 24.5 Å². The van der Waals surface area contributed by atoms with Gasteiger partial charge < -0.3 is 0 Å². The van der Waals surface area contributed by atoms with Gasteiger partial charge in [-0.1, -0.05) is 0 Å². The number of aromatic nitrogens is 1. The molecule has 3 nitrogen and oxygen atoms in total. The zero-order chi connectivity index (χ0) is 9.80. The van der Waals surface area contributed by atoms with Gasteiger partial charge in [0, 0.05) is 18.0 Å². The second-order valence-electron chi connectivity index (χ2n) is 3.65. The topological polar surface area (TPSA) is 33.2 Å². The molecule has 0 saturated carbocycles. The highest BCUT2D eigenvalue weighted by atomic mass is 16.1. The van der Waals surface area contributed by atoms with Gasteiger partial charge in [-0.3, -0.25) is 14.7 Å². The number of ketones is 1. The van der Waals surface area contributed by atoms with Crippen LogP contribution in [0.25, 0.3) is 0 Å². The highest BCUT2D eigenvalue weighted by molar-refractivity contribution is 5.97. The lowest BCUT2D eigenvalue weighted by Crippen LogP contribution is -2.26. The van der Waals surface area contributed by atoms with Crippen molar-refractivity contribution in [3.63, 3.8) is 0 Å². The van der Waals surface area contributed by atoms with Crippen LogP contribution in [0.4, 0.5) is 0 Å². The van der Waals surface area contributed by atoms with Crippen molar-refractivity contribution in [3.05, 3.63) is 30.1 Å². The van der Waals surface area contributed by atoms with E-state index >= 15 is 0 Å². The summed E-state index contributed by atoms with van der Waals surface area (Å²) >= 11 is 0. The monoisotopic (exact) mass is 190 g/mol. The van der Waals surface area contributed by atoms with Gasteiger partial charge in [0.2, 0.25) is 0 Å². The first kappa shape index (κ1) is 9.34. The SMILES string of the molecule is O=C(CN1CCCC1)c1cccnc1. The van der Waals surface area contributed by atoms with Crippen molar-refractivity contribution >= 4 is 5.78 Å². The second-order valence-corrected chi connectivity index (χ2v) is 3.65. The Morgan fingerprint density at radius 2 is 2.21 bits per heavy atom. The maximum absolute atomic E-state index is 11.7. The summed E-state index contributed by atoms with van der Waals surface area (Å²) < 4.78 is 0. The Labute approximate surface area is 83.8 Å². The summed E-state index contributed by atoms with van der Waals surface area (Å²) in [5.41, 5.74) is 0.722. The van der Waals surface area contributed by atoms with Crippen LogP contribution >= 0.6 is 0 Å². The zero-order valence-electron chi connectivity index (χ0n) is 8.15. The third-order valence-corrected chi connectivity index (χ3v) is 2.55. The van der Waals surface area contributed by atoms with E-state index < -0.39 is 0 Å². The Morgan fingerprint density at radius 3 is 2.86 bits per heavy atom. The smallest absolute Gasteiger partial charge is 0.178 e. The number of rotatable bonds is 3. The van der Waals surface area contributed by atoms with E-state index in [1.807, 2.05) is 6.07 Å². The third kappa shape index (κ3) is 2.17. The predicted octanol–water partition coefficient (Wildman–Crippen LogP) is 1.36. The standard InChI is InChI=1S/C11H14N2O/c14-11(9-13-6-1-2-7-13)10-4-3-5-12-8-10/h3-5,8H,1-2,6-7,9H2. The molecule has 1 aliphatic heterocycles. The molecule has 0 bridgehead atoms. The van der Waals surface area contributed by atoms with Crippen molar-refractivity contribution in [3.8, 4) is 0 Å². The molecular formula is C11H14N2O. The van der Waals surface area contributed by atoms with E-state index in [2.05, 4.69) is 9.88 Å². The quantitative estimate of drug-likeness (QED) is 0.675. The fraction of sp³-hybridized carbons (Fsp3) is 0.455. The van der Waals surface area contributed by atoms with Crippen molar-refractivity contribution in [1.82, 2.24) is 9.88 Å². The summed E-state index contributed by atoms with van der Waals surface area (Å²) in [5.74, 6) is 0.181. The fourth-order valence-electron chi connectivity index (χ4n) is 1.76. The first-order chi connectivity index (χ1) is 6.86. The number of nitrogens with zero attached hydrogens (tertiary/aromatic N) is 2. The highest BCUT2D eigenvalue weighted by Crippen LogP contribution is 2.08. The van der Waals surface area contributed by atoms with Gasteiger partial charge in [-0.15, -0.1) is 0 Å². The van der Waals surface area contributed by atoms with E-state index in [0.29, 0.717) is 6.54 Å². The van der Waals surface area contributed by atoms with E-state index in [9.17, 15) is 4.79 Å². The van der Waals surface area contributed by atoms with E-state index in [0.717, 1.165) is 18.7 Å². The fourth-order valence-corrected chi connectivity index (χ4v) is 1.76. The van der Waals surface area contributed by atoms with Crippen LogP contribution < -0.4 is 0 Å². The molecule has 0 radical (unpaired) electrons. The average Bonchev–Trinajstić information content (AvgIpc) is 2.72. The molecular weight excluding hydrogens is 176 g/mol. The van der Waals surface area contributed by atoms with Crippen LogP contribution in [0.2, 0.25) is 0 Å². The van der Waals surface area contributed by atoms with Gasteiger partial charge >= 0.3 is 0 Å². The van der Waals surface area contributed by atoms with Crippen molar-refractivity contribution in [1.29, 1.82) is 0 Å². The summed E-state index contributed by atoms with van der Waals surface area (Å²) in [6, 6.07) is 3.63. The number of Topliss-reactive ketones (excluding diaryl/α,β-unsaturated/α-hetero) is 1. The van der Waals surface area contributed by atoms with Crippen LogP contribution in [-0.4, -0.2) is 35.3 Å². The molecule has 1 aromatic heterocycles. The molecule has 3 heteroatoms. The Morgan fingerprint density at radius 1 is 1.43 bits per heavy atom. The first-order valence-corrected chi connectivity index (χ1v) is 5.02. The van der Waals surface area contributed by atoms with Crippen molar-refractivity contribution in [2.75, 3.05) is 19.6 Å². The first-order valence-electron chi connectivity index (χ1n) is 5.02. The van der Waals surface area contributed by atoms with Gasteiger partial charge in [0.25, 0.3) is 0 Å².